The molecule has 2 atom stereocenters. The van der Waals surface area contributed by atoms with Crippen LogP contribution in [-0.4, -0.2) is 42.5 Å². The highest BCUT2D eigenvalue weighted by Gasteiger charge is 2.32. The number of nitrogens with zero attached hydrogens (tertiary/aromatic N) is 2. The van der Waals surface area contributed by atoms with Gasteiger partial charge in [-0.1, -0.05) is 25.1 Å². The van der Waals surface area contributed by atoms with Crippen LogP contribution in [0.4, 0.5) is 10.5 Å². The van der Waals surface area contributed by atoms with Gasteiger partial charge in [-0.05, 0) is 30.9 Å². The summed E-state index contributed by atoms with van der Waals surface area (Å²) in [5, 5.41) is 3.02. The quantitative estimate of drug-likeness (QED) is 0.911. The molecule has 0 aromatic heterocycles. The molecule has 118 valence electrons. The van der Waals surface area contributed by atoms with Crippen molar-refractivity contribution in [1.82, 2.24) is 10.2 Å². The summed E-state index contributed by atoms with van der Waals surface area (Å²) in [6, 6.07) is 9.49. The Morgan fingerprint density at radius 1 is 1.23 bits per heavy atom. The average Bonchev–Trinajstić information content (AvgIpc) is 2.88. The minimum Gasteiger partial charge on any atom is -0.333 e. The maximum absolute atomic E-state index is 12.3. The van der Waals surface area contributed by atoms with E-state index in [0.717, 1.165) is 25.2 Å². The fraction of sp³-hybridized carbons (Fsp3) is 0.529. The van der Waals surface area contributed by atoms with Crippen LogP contribution in [0.15, 0.2) is 30.3 Å². The van der Waals surface area contributed by atoms with Crippen LogP contribution in [0.3, 0.4) is 0 Å². The standard InChI is InChI=1S/C17H23N3O2/c1-13-6-5-9-19(11-13)17(22)18-14-10-16(21)20(12-14)15-7-3-2-4-8-15/h2-4,7-8,13-14H,5-6,9-12H2,1H3,(H,18,22)/t13-,14-/m0/s1. The number of likely N-dealkylation sites (tertiary alicyclic amines) is 1. The highest BCUT2D eigenvalue weighted by Crippen LogP contribution is 2.21. The van der Waals surface area contributed by atoms with Crippen molar-refractivity contribution in [3.63, 3.8) is 0 Å². The van der Waals surface area contributed by atoms with E-state index in [2.05, 4.69) is 12.2 Å². The Morgan fingerprint density at radius 3 is 2.73 bits per heavy atom. The van der Waals surface area contributed by atoms with Crippen molar-refractivity contribution in [3.8, 4) is 0 Å². The van der Waals surface area contributed by atoms with E-state index in [4.69, 9.17) is 0 Å². The zero-order valence-corrected chi connectivity index (χ0v) is 13.0. The number of para-hydroxylation sites is 1. The zero-order valence-electron chi connectivity index (χ0n) is 13.0. The first-order valence-corrected chi connectivity index (χ1v) is 8.04. The van der Waals surface area contributed by atoms with Crippen molar-refractivity contribution in [2.24, 2.45) is 5.92 Å². The smallest absolute Gasteiger partial charge is 0.317 e. The fourth-order valence-corrected chi connectivity index (χ4v) is 3.30. The van der Waals surface area contributed by atoms with Crippen LogP contribution in [-0.2, 0) is 4.79 Å². The molecular formula is C17H23N3O2. The number of rotatable bonds is 2. The Kier molecular flexibility index (Phi) is 4.32. The molecule has 22 heavy (non-hydrogen) atoms. The second-order valence-electron chi connectivity index (χ2n) is 6.38. The van der Waals surface area contributed by atoms with Gasteiger partial charge in [-0.15, -0.1) is 0 Å². The molecule has 0 spiro atoms. The predicted molar refractivity (Wildman–Crippen MR) is 85.7 cm³/mol. The van der Waals surface area contributed by atoms with E-state index in [0.29, 0.717) is 18.9 Å². The molecule has 2 fully saturated rings. The van der Waals surface area contributed by atoms with Gasteiger partial charge in [0.1, 0.15) is 0 Å². The summed E-state index contributed by atoms with van der Waals surface area (Å²) in [5.74, 6) is 0.633. The lowest BCUT2D eigenvalue weighted by atomic mass is 10.0. The van der Waals surface area contributed by atoms with Gasteiger partial charge in [-0.25, -0.2) is 4.79 Å². The maximum Gasteiger partial charge on any atom is 0.317 e. The molecule has 0 aliphatic carbocycles. The lowest BCUT2D eigenvalue weighted by Gasteiger charge is -2.31. The molecule has 3 amide bonds. The minimum atomic E-state index is -0.0996. The topological polar surface area (TPSA) is 52.7 Å². The van der Waals surface area contributed by atoms with Crippen molar-refractivity contribution in [3.05, 3.63) is 30.3 Å². The SMILES string of the molecule is C[C@H]1CCCN(C(=O)N[C@H]2CC(=O)N(c3ccccc3)C2)C1. The van der Waals surface area contributed by atoms with Gasteiger partial charge in [-0.3, -0.25) is 4.79 Å². The number of carbonyl (C=O) groups is 2. The fourth-order valence-electron chi connectivity index (χ4n) is 3.30. The molecule has 2 heterocycles. The number of hydrogen-bond donors (Lipinski definition) is 1. The molecule has 1 aromatic carbocycles. The van der Waals surface area contributed by atoms with Crippen molar-refractivity contribution in [2.75, 3.05) is 24.5 Å². The molecule has 2 saturated heterocycles. The normalized spacial score (nSPS) is 25.4. The molecule has 5 heteroatoms. The average molecular weight is 301 g/mol. The molecular weight excluding hydrogens is 278 g/mol. The van der Waals surface area contributed by atoms with Crippen molar-refractivity contribution < 1.29 is 9.59 Å². The van der Waals surface area contributed by atoms with E-state index >= 15 is 0 Å². The van der Waals surface area contributed by atoms with Crippen molar-refractivity contribution in [2.45, 2.75) is 32.2 Å². The summed E-state index contributed by atoms with van der Waals surface area (Å²) >= 11 is 0. The Hall–Kier alpha value is -2.04. The lowest BCUT2D eigenvalue weighted by molar-refractivity contribution is -0.117. The Morgan fingerprint density at radius 2 is 2.00 bits per heavy atom. The first kappa shape index (κ1) is 14.9. The van der Waals surface area contributed by atoms with E-state index in [1.165, 1.54) is 6.42 Å². The molecule has 2 aliphatic rings. The van der Waals surface area contributed by atoms with E-state index in [9.17, 15) is 9.59 Å². The predicted octanol–water partition coefficient (Wildman–Crippen LogP) is 2.23. The summed E-state index contributed by atoms with van der Waals surface area (Å²) in [4.78, 5) is 28.1. The Bertz CT molecular complexity index is 546. The molecule has 3 rings (SSSR count). The number of piperidine rings is 1. The van der Waals surface area contributed by atoms with E-state index in [1.807, 2.05) is 35.2 Å². The molecule has 1 aromatic rings. The van der Waals surface area contributed by atoms with E-state index in [1.54, 1.807) is 4.90 Å². The van der Waals surface area contributed by atoms with Crippen LogP contribution >= 0.6 is 0 Å². The lowest BCUT2D eigenvalue weighted by Crippen LogP contribution is -2.49. The van der Waals surface area contributed by atoms with E-state index in [-0.39, 0.29) is 18.0 Å². The van der Waals surface area contributed by atoms with Gasteiger partial charge < -0.3 is 15.1 Å². The van der Waals surface area contributed by atoms with Gasteiger partial charge >= 0.3 is 6.03 Å². The first-order valence-electron chi connectivity index (χ1n) is 8.04. The van der Waals surface area contributed by atoms with Gasteiger partial charge in [0.2, 0.25) is 5.91 Å². The van der Waals surface area contributed by atoms with Crippen LogP contribution in [0.2, 0.25) is 0 Å². The molecule has 0 unspecified atom stereocenters. The number of urea groups is 1. The van der Waals surface area contributed by atoms with Gasteiger partial charge in [0.25, 0.3) is 0 Å². The van der Waals surface area contributed by atoms with Crippen molar-refractivity contribution in [1.29, 1.82) is 0 Å². The summed E-state index contributed by atoms with van der Waals surface area (Å²) < 4.78 is 0. The molecule has 1 N–H and O–H groups in total. The highest BCUT2D eigenvalue weighted by atomic mass is 16.2. The van der Waals surface area contributed by atoms with E-state index < -0.39 is 0 Å². The molecule has 2 aliphatic heterocycles. The number of anilines is 1. The van der Waals surface area contributed by atoms with Gasteiger partial charge in [0.15, 0.2) is 0 Å². The third-order valence-corrected chi connectivity index (χ3v) is 4.46. The molecule has 5 nitrogen and oxygen atoms in total. The molecule has 0 radical (unpaired) electrons. The minimum absolute atomic E-state index is 0.0285. The van der Waals surface area contributed by atoms with Crippen LogP contribution in [0.5, 0.6) is 0 Å². The molecule has 0 bridgehead atoms. The number of benzene rings is 1. The maximum atomic E-state index is 12.3. The third-order valence-electron chi connectivity index (χ3n) is 4.46. The monoisotopic (exact) mass is 301 g/mol. The van der Waals surface area contributed by atoms with Crippen molar-refractivity contribution >= 4 is 17.6 Å². The first-order chi connectivity index (χ1) is 10.6. The second kappa shape index (κ2) is 6.38. The summed E-state index contributed by atoms with van der Waals surface area (Å²) in [7, 11) is 0. The van der Waals surface area contributed by atoms with Gasteiger partial charge in [-0.2, -0.15) is 0 Å². The van der Waals surface area contributed by atoms with Crippen LogP contribution < -0.4 is 10.2 Å². The van der Waals surface area contributed by atoms with Gasteiger partial charge in [0.05, 0.1) is 6.04 Å². The Labute approximate surface area is 131 Å². The summed E-state index contributed by atoms with van der Waals surface area (Å²) in [5.41, 5.74) is 0.899. The zero-order chi connectivity index (χ0) is 15.5. The summed E-state index contributed by atoms with van der Waals surface area (Å²) in [6.45, 7) is 4.36. The number of hydrogen-bond acceptors (Lipinski definition) is 2. The molecule has 0 saturated carbocycles. The highest BCUT2D eigenvalue weighted by molar-refractivity contribution is 5.96. The van der Waals surface area contributed by atoms with Crippen LogP contribution in [0, 0.1) is 5.92 Å². The second-order valence-corrected chi connectivity index (χ2v) is 6.38. The van der Waals surface area contributed by atoms with Crippen LogP contribution in [0.25, 0.3) is 0 Å². The number of carbonyl (C=O) groups excluding carboxylic acids is 2. The number of amides is 3. The largest absolute Gasteiger partial charge is 0.333 e. The third kappa shape index (κ3) is 3.24. The summed E-state index contributed by atoms with van der Waals surface area (Å²) in [6.07, 6.45) is 2.63. The Balaban J connectivity index is 1.58. The van der Waals surface area contributed by atoms with Crippen LogP contribution in [0.1, 0.15) is 26.2 Å². The van der Waals surface area contributed by atoms with Gasteiger partial charge in [0, 0.05) is 31.7 Å². The number of nitrogens with one attached hydrogen (secondary N) is 1.